The van der Waals surface area contributed by atoms with Gasteiger partial charge in [-0.3, -0.25) is 4.79 Å². The van der Waals surface area contributed by atoms with Crippen LogP contribution in [0.25, 0.3) is 32.8 Å². The minimum Gasteiger partial charge on any atom is -0.512 e. The second-order valence-electron chi connectivity index (χ2n) is 12.4. The predicted octanol–water partition coefficient (Wildman–Crippen LogP) is 10.2. The van der Waals surface area contributed by atoms with Crippen molar-refractivity contribution in [2.75, 3.05) is 0 Å². The third-order valence-electron chi connectivity index (χ3n) is 7.31. The number of allylic oxidation sites excluding steroid dienone is 2. The second kappa shape index (κ2) is 13.7. The zero-order valence-electron chi connectivity index (χ0n) is 25.8. The van der Waals surface area contributed by atoms with Crippen molar-refractivity contribution in [3.05, 3.63) is 89.1 Å². The largest absolute Gasteiger partial charge is 0.512 e. The summed E-state index contributed by atoms with van der Waals surface area (Å²) in [5.41, 5.74) is 2.53. The third-order valence-corrected chi connectivity index (χ3v) is 7.31. The van der Waals surface area contributed by atoms with Crippen molar-refractivity contribution in [2.45, 2.75) is 74.4 Å². The minimum atomic E-state index is -4.46. The Bertz CT molecular complexity index is 1630. The number of pyridine rings is 1. The Balaban J connectivity index is 0.000000369. The molecule has 0 saturated carbocycles. The summed E-state index contributed by atoms with van der Waals surface area (Å²) in [6.07, 6.45) is -1.97. The predicted molar refractivity (Wildman–Crippen MR) is 162 cm³/mol. The molecule has 43 heavy (non-hydrogen) atoms. The van der Waals surface area contributed by atoms with Crippen LogP contribution in [0.4, 0.5) is 17.6 Å². The zero-order valence-corrected chi connectivity index (χ0v) is 28.2. The van der Waals surface area contributed by atoms with Crippen molar-refractivity contribution < 1.29 is 47.6 Å². The number of alkyl halides is 3. The van der Waals surface area contributed by atoms with Gasteiger partial charge in [-0.1, -0.05) is 67.5 Å². The number of nitrogens with zero attached hydrogens (tertiary/aromatic N) is 1. The minimum absolute atomic E-state index is 0. The van der Waals surface area contributed by atoms with Crippen molar-refractivity contribution >= 4 is 27.3 Å². The average Bonchev–Trinajstić information content (AvgIpc) is 2.87. The fourth-order valence-electron chi connectivity index (χ4n) is 4.36. The van der Waals surface area contributed by atoms with E-state index in [0.717, 1.165) is 33.9 Å². The quantitative estimate of drug-likeness (QED) is 0.0723. The van der Waals surface area contributed by atoms with Crippen LogP contribution < -0.4 is 0 Å². The van der Waals surface area contributed by atoms with Crippen molar-refractivity contribution in [2.24, 2.45) is 10.8 Å². The number of halogens is 4. The van der Waals surface area contributed by atoms with Gasteiger partial charge in [0.2, 0.25) is 0 Å². The number of rotatable bonds is 5. The molecule has 0 saturated heterocycles. The van der Waals surface area contributed by atoms with E-state index in [9.17, 15) is 27.5 Å². The van der Waals surface area contributed by atoms with Gasteiger partial charge in [0.25, 0.3) is 0 Å². The van der Waals surface area contributed by atoms with E-state index in [4.69, 9.17) is 0 Å². The second-order valence-corrected chi connectivity index (χ2v) is 12.4. The van der Waals surface area contributed by atoms with Gasteiger partial charge in [-0.05, 0) is 57.4 Å². The average molecular weight is 773 g/mol. The Morgan fingerprint density at radius 2 is 1.60 bits per heavy atom. The maximum Gasteiger partial charge on any atom is 0.393 e. The fraction of sp³-hybridized carbons (Fsp3) is 0.371. The number of aliphatic hydroxyl groups is 1. The van der Waals surface area contributed by atoms with E-state index in [1.807, 2.05) is 73.6 Å². The maximum atomic E-state index is 14.4. The number of aromatic nitrogens is 1. The Hall–Kier alpha value is -3.09. The van der Waals surface area contributed by atoms with E-state index in [2.05, 4.69) is 11.1 Å². The first kappa shape index (κ1) is 36.1. The molecule has 3 nitrogen and oxygen atoms in total. The van der Waals surface area contributed by atoms with Gasteiger partial charge in [-0.2, -0.15) is 13.2 Å². The summed E-state index contributed by atoms with van der Waals surface area (Å²) in [5, 5.41) is 12.3. The number of aliphatic hydroxyl groups excluding tert-OH is 1. The molecule has 0 fully saturated rings. The fourth-order valence-corrected chi connectivity index (χ4v) is 4.36. The topological polar surface area (TPSA) is 50.2 Å². The molecule has 0 amide bonds. The van der Waals surface area contributed by atoms with Crippen molar-refractivity contribution in [1.29, 1.82) is 0 Å². The van der Waals surface area contributed by atoms with Crippen molar-refractivity contribution in [3.8, 4) is 11.3 Å². The van der Waals surface area contributed by atoms with Gasteiger partial charge in [0, 0.05) is 43.2 Å². The van der Waals surface area contributed by atoms with Gasteiger partial charge in [-0.25, -0.2) is 4.39 Å². The van der Waals surface area contributed by atoms with Gasteiger partial charge >= 0.3 is 6.18 Å². The number of aryl methyl sites for hydroxylation is 2. The van der Waals surface area contributed by atoms with Crippen LogP contribution in [0.5, 0.6) is 0 Å². The molecule has 0 aliphatic rings. The van der Waals surface area contributed by atoms with Crippen molar-refractivity contribution in [3.63, 3.8) is 0 Å². The number of carbonyl (C=O) groups is 1. The molecular weight excluding hydrogens is 735 g/mol. The molecule has 4 rings (SSSR count). The third kappa shape index (κ3) is 9.20. The summed E-state index contributed by atoms with van der Waals surface area (Å²) in [4.78, 5) is 16.2. The molecule has 0 unspecified atom stereocenters. The van der Waals surface area contributed by atoms with Crippen LogP contribution in [0, 0.1) is 36.6 Å². The van der Waals surface area contributed by atoms with Gasteiger partial charge in [-0.15, -0.1) is 34.9 Å². The molecule has 1 N–H and O–H groups in total. The van der Waals surface area contributed by atoms with E-state index >= 15 is 0 Å². The summed E-state index contributed by atoms with van der Waals surface area (Å²) >= 11 is 0. The molecule has 1 heterocycles. The first-order chi connectivity index (χ1) is 19.3. The van der Waals surface area contributed by atoms with Gasteiger partial charge < -0.3 is 10.1 Å². The Labute approximate surface area is 264 Å². The SMILES string of the molecule is CCC(C)(C)C(=O)/C=C(\O)C(C)(C)C.Cc1[c-]c(-c2nccc3c2ccc2cc(CC(F)(F)F)c(F)cc23)cc(C)c1.[Ir]. The molecule has 0 aliphatic heterocycles. The smallest absolute Gasteiger partial charge is 0.393 e. The first-order valence-corrected chi connectivity index (χ1v) is 13.9. The van der Waals surface area contributed by atoms with E-state index < -0.39 is 18.4 Å². The van der Waals surface area contributed by atoms with Crippen LogP contribution in [0.1, 0.15) is 64.7 Å². The first-order valence-electron chi connectivity index (χ1n) is 13.9. The number of benzene rings is 3. The van der Waals surface area contributed by atoms with Gasteiger partial charge in [0.1, 0.15) is 11.6 Å². The van der Waals surface area contributed by atoms with E-state index in [1.165, 1.54) is 18.2 Å². The molecule has 233 valence electrons. The molecule has 0 spiro atoms. The van der Waals surface area contributed by atoms with E-state index in [1.54, 1.807) is 18.3 Å². The van der Waals surface area contributed by atoms with Gasteiger partial charge in [0.15, 0.2) is 5.78 Å². The van der Waals surface area contributed by atoms with Crippen LogP contribution in [-0.2, 0) is 31.3 Å². The molecule has 1 radical (unpaired) electrons. The molecule has 0 bridgehead atoms. The standard InChI is InChI=1S/C23H16F4N.C12H22O2.Ir/c1-13-7-14(2)9-16(8-13)22-19-4-3-15-10-17(12-23(25,26)27)21(24)11-20(15)18(19)5-6-28-22;1-7-12(5,6)10(14)8-9(13)11(2,3)4;/h3-8,10-11H,12H2,1-2H3;8,13H,7H2,1-6H3;/q-1;;/b;9-8-;. The van der Waals surface area contributed by atoms with E-state index in [0.29, 0.717) is 16.5 Å². The molecule has 0 aliphatic carbocycles. The number of carbonyl (C=O) groups excluding carboxylic acids is 1. The number of hydrogen-bond donors (Lipinski definition) is 1. The van der Waals surface area contributed by atoms with Crippen LogP contribution in [0.3, 0.4) is 0 Å². The maximum absolute atomic E-state index is 14.4. The van der Waals surface area contributed by atoms with Gasteiger partial charge in [0.05, 0.1) is 6.42 Å². The number of fused-ring (bicyclic) bond motifs is 3. The van der Waals surface area contributed by atoms with Crippen LogP contribution >= 0.6 is 0 Å². The molecule has 4 aromatic rings. The van der Waals surface area contributed by atoms with E-state index in [-0.39, 0.29) is 48.0 Å². The monoisotopic (exact) mass is 773 g/mol. The summed E-state index contributed by atoms with van der Waals surface area (Å²) in [6.45, 7) is 15.3. The molecule has 1 aromatic heterocycles. The summed E-state index contributed by atoms with van der Waals surface area (Å²) < 4.78 is 52.5. The van der Waals surface area contributed by atoms with Crippen LogP contribution in [0.2, 0.25) is 0 Å². The summed E-state index contributed by atoms with van der Waals surface area (Å²) in [5.74, 6) is -0.704. The summed E-state index contributed by atoms with van der Waals surface area (Å²) in [6, 6.07) is 15.0. The molecular formula is C35H38F4IrNO2-. The zero-order chi connectivity index (χ0) is 31.6. The number of hydrogen-bond acceptors (Lipinski definition) is 3. The van der Waals surface area contributed by atoms with Crippen LogP contribution in [-0.4, -0.2) is 22.1 Å². The summed E-state index contributed by atoms with van der Waals surface area (Å²) in [7, 11) is 0. The Morgan fingerprint density at radius 3 is 2.16 bits per heavy atom. The molecule has 8 heteroatoms. The number of ketones is 1. The van der Waals surface area contributed by atoms with Crippen LogP contribution in [0.15, 0.2) is 60.5 Å². The molecule has 0 atom stereocenters. The Morgan fingerprint density at radius 1 is 0.953 bits per heavy atom. The molecule has 3 aromatic carbocycles. The Kier molecular flexibility index (Phi) is 11.5. The van der Waals surface area contributed by atoms with Crippen molar-refractivity contribution in [1.82, 2.24) is 4.98 Å². The normalized spacial score (nSPS) is 12.5.